The maximum Gasteiger partial charge on any atom is 0.00206 e. The Kier molecular flexibility index (Phi) is 4.06. The van der Waals surface area contributed by atoms with Gasteiger partial charge in [-0.1, -0.05) is 58.9 Å². The molecule has 1 nitrogen and oxygen atoms in total. The van der Waals surface area contributed by atoms with Crippen LogP contribution in [0.25, 0.3) is 0 Å². The summed E-state index contributed by atoms with van der Waals surface area (Å²) in [5, 5.41) is 3.45. The molecule has 2 rings (SSSR count). The molecule has 1 saturated heterocycles. The van der Waals surface area contributed by atoms with Crippen molar-refractivity contribution in [1.29, 1.82) is 0 Å². The Balaban J connectivity index is 2.12. The fourth-order valence-corrected chi connectivity index (χ4v) is 3.57. The van der Waals surface area contributed by atoms with Crippen LogP contribution in [0.1, 0.15) is 64.5 Å². The summed E-state index contributed by atoms with van der Waals surface area (Å²) < 4.78 is 0. The molecule has 1 unspecified atom stereocenters. The first-order valence-electron chi connectivity index (χ1n) is 7.59. The fourth-order valence-electron chi connectivity index (χ4n) is 3.57. The second-order valence-electron chi connectivity index (χ2n) is 7.93. The van der Waals surface area contributed by atoms with Gasteiger partial charge in [0, 0.05) is 6.54 Å². The first kappa shape index (κ1) is 14.6. The molecule has 106 valence electrons. The predicted molar refractivity (Wildman–Crippen MR) is 83.8 cm³/mol. The molecule has 1 atom stereocenters. The summed E-state index contributed by atoms with van der Waals surface area (Å²) in [4.78, 5) is 0. The van der Waals surface area contributed by atoms with Crippen molar-refractivity contribution in [3.8, 4) is 0 Å². The van der Waals surface area contributed by atoms with Gasteiger partial charge in [-0.05, 0) is 47.3 Å². The molecule has 1 heteroatoms. The van der Waals surface area contributed by atoms with E-state index in [1.54, 1.807) is 0 Å². The van der Waals surface area contributed by atoms with Crippen molar-refractivity contribution < 1.29 is 0 Å². The van der Waals surface area contributed by atoms with E-state index in [1.165, 1.54) is 30.5 Å². The van der Waals surface area contributed by atoms with Crippen molar-refractivity contribution in [2.75, 3.05) is 13.1 Å². The molecule has 1 aliphatic rings. The van der Waals surface area contributed by atoms with Gasteiger partial charge < -0.3 is 5.32 Å². The lowest BCUT2D eigenvalue weighted by molar-refractivity contribution is 0.284. The van der Waals surface area contributed by atoms with E-state index < -0.39 is 0 Å². The van der Waals surface area contributed by atoms with Crippen LogP contribution in [0.5, 0.6) is 0 Å². The van der Waals surface area contributed by atoms with Crippen LogP contribution in [-0.4, -0.2) is 13.1 Å². The molecule has 1 aliphatic heterocycles. The minimum atomic E-state index is 0.255. The third-order valence-electron chi connectivity index (χ3n) is 4.20. The topological polar surface area (TPSA) is 12.0 Å². The van der Waals surface area contributed by atoms with Crippen LogP contribution < -0.4 is 5.32 Å². The van der Waals surface area contributed by atoms with E-state index in [1.807, 2.05) is 0 Å². The molecule has 1 aromatic rings. The third-order valence-corrected chi connectivity index (χ3v) is 4.20. The highest BCUT2D eigenvalue weighted by atomic mass is 14.9. The standard InChI is InChI=1S/C18H29N/c1-17(2,3)13-18(4,5)16-8-6-14(7-9-16)15-10-11-19-12-15/h6-9,15,19H,10-13H2,1-5H3. The van der Waals surface area contributed by atoms with Gasteiger partial charge in [-0.2, -0.15) is 0 Å². The SMILES string of the molecule is CC(C)(C)CC(C)(C)c1ccc(C2CCNC2)cc1. The largest absolute Gasteiger partial charge is 0.316 e. The van der Waals surface area contributed by atoms with Gasteiger partial charge in [-0.15, -0.1) is 0 Å². The molecular weight excluding hydrogens is 230 g/mol. The van der Waals surface area contributed by atoms with E-state index in [0.29, 0.717) is 5.41 Å². The summed E-state index contributed by atoms with van der Waals surface area (Å²) in [6, 6.07) is 9.38. The molecule has 0 aliphatic carbocycles. The molecule has 0 saturated carbocycles. The lowest BCUT2D eigenvalue weighted by atomic mass is 9.72. The smallest absolute Gasteiger partial charge is 0.00206 e. The molecule has 1 N–H and O–H groups in total. The average molecular weight is 259 g/mol. The normalized spacial score (nSPS) is 20.8. The molecule has 0 spiro atoms. The second-order valence-corrected chi connectivity index (χ2v) is 7.93. The van der Waals surface area contributed by atoms with Gasteiger partial charge in [0.2, 0.25) is 0 Å². The van der Waals surface area contributed by atoms with Crippen LogP contribution in [0.3, 0.4) is 0 Å². The first-order valence-corrected chi connectivity index (χ1v) is 7.59. The van der Waals surface area contributed by atoms with Crippen molar-refractivity contribution >= 4 is 0 Å². The molecule has 1 aromatic carbocycles. The predicted octanol–water partition coefficient (Wildman–Crippen LogP) is 4.48. The zero-order valence-electron chi connectivity index (χ0n) is 13.2. The zero-order valence-corrected chi connectivity index (χ0v) is 13.2. The number of benzene rings is 1. The molecule has 1 heterocycles. The average Bonchev–Trinajstić information content (AvgIpc) is 2.79. The van der Waals surface area contributed by atoms with Gasteiger partial charge in [0.25, 0.3) is 0 Å². The molecule has 0 bridgehead atoms. The summed E-state index contributed by atoms with van der Waals surface area (Å²) in [7, 11) is 0. The summed E-state index contributed by atoms with van der Waals surface area (Å²) in [6.07, 6.45) is 2.50. The van der Waals surface area contributed by atoms with Crippen molar-refractivity contribution in [1.82, 2.24) is 5.32 Å². The number of hydrogen-bond acceptors (Lipinski definition) is 1. The van der Waals surface area contributed by atoms with E-state index in [0.717, 1.165) is 12.5 Å². The van der Waals surface area contributed by atoms with Crippen LogP contribution in [-0.2, 0) is 5.41 Å². The van der Waals surface area contributed by atoms with Gasteiger partial charge >= 0.3 is 0 Å². The lowest BCUT2D eigenvalue weighted by Crippen LogP contribution is -2.24. The first-order chi connectivity index (χ1) is 8.78. The maximum absolute atomic E-state index is 3.45. The van der Waals surface area contributed by atoms with Crippen molar-refractivity contribution in [3.05, 3.63) is 35.4 Å². The van der Waals surface area contributed by atoms with Gasteiger partial charge in [0.1, 0.15) is 0 Å². The van der Waals surface area contributed by atoms with Crippen molar-refractivity contribution in [3.63, 3.8) is 0 Å². The third kappa shape index (κ3) is 3.82. The van der Waals surface area contributed by atoms with E-state index in [4.69, 9.17) is 0 Å². The summed E-state index contributed by atoms with van der Waals surface area (Å²) in [6.45, 7) is 14.0. The summed E-state index contributed by atoms with van der Waals surface area (Å²) >= 11 is 0. The van der Waals surface area contributed by atoms with E-state index in [9.17, 15) is 0 Å². The summed E-state index contributed by atoms with van der Waals surface area (Å²) in [5.41, 5.74) is 3.60. The Bertz CT molecular complexity index is 402. The van der Waals surface area contributed by atoms with Crippen LogP contribution in [0.4, 0.5) is 0 Å². The number of rotatable bonds is 3. The van der Waals surface area contributed by atoms with E-state index >= 15 is 0 Å². The van der Waals surface area contributed by atoms with E-state index in [-0.39, 0.29) is 5.41 Å². The Morgan fingerprint density at radius 2 is 1.68 bits per heavy atom. The quantitative estimate of drug-likeness (QED) is 0.844. The van der Waals surface area contributed by atoms with Crippen LogP contribution in [0.2, 0.25) is 0 Å². The second kappa shape index (κ2) is 5.28. The Morgan fingerprint density at radius 1 is 1.05 bits per heavy atom. The number of hydrogen-bond donors (Lipinski definition) is 1. The molecule has 0 amide bonds. The maximum atomic E-state index is 3.45. The highest BCUT2D eigenvalue weighted by molar-refractivity contribution is 5.30. The molecule has 1 fully saturated rings. The minimum Gasteiger partial charge on any atom is -0.316 e. The van der Waals surface area contributed by atoms with Gasteiger partial charge in [-0.25, -0.2) is 0 Å². The van der Waals surface area contributed by atoms with Crippen LogP contribution in [0.15, 0.2) is 24.3 Å². The highest BCUT2D eigenvalue weighted by Crippen LogP contribution is 2.36. The Hall–Kier alpha value is -0.820. The fraction of sp³-hybridized carbons (Fsp3) is 0.667. The van der Waals surface area contributed by atoms with E-state index in [2.05, 4.69) is 64.2 Å². The van der Waals surface area contributed by atoms with Gasteiger partial charge in [0.05, 0.1) is 0 Å². The Morgan fingerprint density at radius 3 is 2.16 bits per heavy atom. The molecule has 19 heavy (non-hydrogen) atoms. The summed E-state index contributed by atoms with van der Waals surface area (Å²) in [5.74, 6) is 0.722. The van der Waals surface area contributed by atoms with Gasteiger partial charge in [-0.3, -0.25) is 0 Å². The minimum absolute atomic E-state index is 0.255. The lowest BCUT2D eigenvalue weighted by Gasteiger charge is -2.33. The highest BCUT2D eigenvalue weighted by Gasteiger charge is 2.27. The zero-order chi connectivity index (χ0) is 14.1. The monoisotopic (exact) mass is 259 g/mol. The van der Waals surface area contributed by atoms with Crippen molar-refractivity contribution in [2.45, 2.75) is 58.8 Å². The molecular formula is C18H29N. The molecule has 0 radical (unpaired) electrons. The van der Waals surface area contributed by atoms with Crippen LogP contribution in [0, 0.1) is 5.41 Å². The Labute approximate surface area is 118 Å². The molecule has 0 aromatic heterocycles. The van der Waals surface area contributed by atoms with Crippen LogP contribution >= 0.6 is 0 Å². The van der Waals surface area contributed by atoms with Crippen molar-refractivity contribution in [2.24, 2.45) is 5.41 Å². The van der Waals surface area contributed by atoms with Gasteiger partial charge in [0.15, 0.2) is 0 Å². The number of nitrogens with one attached hydrogen (secondary N) is 1.